The van der Waals surface area contributed by atoms with Gasteiger partial charge in [-0.25, -0.2) is 0 Å². The van der Waals surface area contributed by atoms with Gasteiger partial charge in [-0.2, -0.15) is 0 Å². The van der Waals surface area contributed by atoms with Crippen molar-refractivity contribution >= 4 is 23.6 Å². The van der Waals surface area contributed by atoms with Gasteiger partial charge in [-0.3, -0.25) is 19.2 Å². The van der Waals surface area contributed by atoms with Crippen LogP contribution >= 0.6 is 0 Å². The van der Waals surface area contributed by atoms with E-state index in [0.717, 1.165) is 18.4 Å². The second-order valence-corrected chi connectivity index (χ2v) is 8.35. The highest BCUT2D eigenvalue weighted by Crippen LogP contribution is 2.09. The molecular formula is C26H36N2O5. The summed E-state index contributed by atoms with van der Waals surface area (Å²) < 4.78 is 5.04. The van der Waals surface area contributed by atoms with Gasteiger partial charge in [0.15, 0.2) is 5.78 Å². The van der Waals surface area contributed by atoms with Gasteiger partial charge in [0, 0.05) is 19.8 Å². The quantitative estimate of drug-likeness (QED) is 0.253. The summed E-state index contributed by atoms with van der Waals surface area (Å²) >= 11 is 0. The number of allylic oxidation sites excluding steroid dienone is 3. The standard InChI is InChI=1S/C26H36N2O5/c1-19(2)9-8-10-20(3)15-16-33-25(31)14-13-23(30)18-27-26(32)24(28-21(4)29)17-22-11-6-5-7-12-22/h5-7,9,11-12,15-16,20,24H,8,10,13-14,17-18H2,1-4H3,(H,27,32)(H,28,29)/b16-15+/t20?,24-/m0/s1. The molecule has 7 nitrogen and oxygen atoms in total. The Hall–Kier alpha value is -3.22. The highest BCUT2D eigenvalue weighted by Gasteiger charge is 2.20. The van der Waals surface area contributed by atoms with Gasteiger partial charge >= 0.3 is 5.97 Å². The molecule has 0 saturated heterocycles. The molecule has 33 heavy (non-hydrogen) atoms. The second kappa shape index (κ2) is 15.6. The Labute approximate surface area is 196 Å². The van der Waals surface area contributed by atoms with E-state index in [1.165, 1.54) is 18.8 Å². The highest BCUT2D eigenvalue weighted by molar-refractivity contribution is 5.91. The number of carbonyl (C=O) groups is 4. The predicted molar refractivity (Wildman–Crippen MR) is 128 cm³/mol. The van der Waals surface area contributed by atoms with Crippen LogP contribution in [-0.4, -0.2) is 36.2 Å². The number of ether oxygens (including phenoxy) is 1. The first-order chi connectivity index (χ1) is 15.7. The lowest BCUT2D eigenvalue weighted by atomic mass is 10.0. The third-order valence-corrected chi connectivity index (χ3v) is 4.83. The Morgan fingerprint density at radius 1 is 1.03 bits per heavy atom. The number of nitrogens with one attached hydrogen (secondary N) is 2. The molecular weight excluding hydrogens is 420 g/mol. The second-order valence-electron chi connectivity index (χ2n) is 8.35. The van der Waals surface area contributed by atoms with E-state index in [0.29, 0.717) is 6.42 Å². The summed E-state index contributed by atoms with van der Waals surface area (Å²) in [4.78, 5) is 47.8. The Morgan fingerprint density at radius 3 is 2.36 bits per heavy atom. The van der Waals surface area contributed by atoms with Crippen molar-refractivity contribution in [2.75, 3.05) is 6.54 Å². The molecule has 0 aliphatic rings. The van der Waals surface area contributed by atoms with E-state index >= 15 is 0 Å². The van der Waals surface area contributed by atoms with Gasteiger partial charge < -0.3 is 15.4 Å². The van der Waals surface area contributed by atoms with Crippen LogP contribution in [0.25, 0.3) is 0 Å². The van der Waals surface area contributed by atoms with E-state index in [4.69, 9.17) is 4.74 Å². The largest absolute Gasteiger partial charge is 0.435 e. The zero-order valence-corrected chi connectivity index (χ0v) is 20.1. The van der Waals surface area contributed by atoms with Crippen LogP contribution in [0.4, 0.5) is 0 Å². The molecule has 0 heterocycles. The highest BCUT2D eigenvalue weighted by atomic mass is 16.5. The first-order valence-corrected chi connectivity index (χ1v) is 11.3. The molecule has 0 spiro atoms. The Balaban J connectivity index is 2.36. The molecule has 0 radical (unpaired) electrons. The summed E-state index contributed by atoms with van der Waals surface area (Å²) in [5.41, 5.74) is 2.17. The Morgan fingerprint density at radius 2 is 1.73 bits per heavy atom. The maximum absolute atomic E-state index is 12.5. The zero-order chi connectivity index (χ0) is 24.6. The third-order valence-electron chi connectivity index (χ3n) is 4.83. The van der Waals surface area contributed by atoms with E-state index in [1.54, 1.807) is 0 Å². The van der Waals surface area contributed by atoms with Crippen LogP contribution in [0.5, 0.6) is 0 Å². The van der Waals surface area contributed by atoms with Gasteiger partial charge in [-0.05, 0) is 44.2 Å². The minimum absolute atomic E-state index is 0.0352. The van der Waals surface area contributed by atoms with Crippen LogP contribution in [-0.2, 0) is 30.3 Å². The lowest BCUT2D eigenvalue weighted by molar-refractivity contribution is -0.139. The topological polar surface area (TPSA) is 102 Å². The van der Waals surface area contributed by atoms with Crippen LogP contribution in [0.15, 0.2) is 54.3 Å². The van der Waals surface area contributed by atoms with E-state index in [-0.39, 0.29) is 37.0 Å². The van der Waals surface area contributed by atoms with Crippen molar-refractivity contribution < 1.29 is 23.9 Å². The minimum Gasteiger partial charge on any atom is -0.435 e. The van der Waals surface area contributed by atoms with Crippen LogP contribution in [0.2, 0.25) is 0 Å². The predicted octanol–water partition coefficient (Wildman–Crippen LogP) is 3.64. The summed E-state index contributed by atoms with van der Waals surface area (Å²) in [6.45, 7) is 7.28. The molecule has 180 valence electrons. The van der Waals surface area contributed by atoms with Crippen LogP contribution < -0.4 is 10.6 Å². The zero-order valence-electron chi connectivity index (χ0n) is 20.1. The molecule has 2 amide bonds. The van der Waals surface area contributed by atoms with Crippen molar-refractivity contribution in [1.29, 1.82) is 0 Å². The van der Waals surface area contributed by atoms with Crippen molar-refractivity contribution in [1.82, 2.24) is 10.6 Å². The average Bonchev–Trinajstić information content (AvgIpc) is 2.75. The van der Waals surface area contributed by atoms with E-state index in [2.05, 4.69) is 30.6 Å². The summed E-state index contributed by atoms with van der Waals surface area (Å²) in [7, 11) is 0. The number of esters is 1. The number of hydrogen-bond acceptors (Lipinski definition) is 5. The van der Waals surface area contributed by atoms with Crippen LogP contribution in [0, 0.1) is 5.92 Å². The molecule has 0 bridgehead atoms. The van der Waals surface area contributed by atoms with Crippen LogP contribution in [0.1, 0.15) is 58.9 Å². The maximum Gasteiger partial charge on any atom is 0.311 e. The van der Waals surface area contributed by atoms with E-state index < -0.39 is 17.9 Å². The number of carbonyl (C=O) groups excluding carboxylic acids is 4. The molecule has 1 unspecified atom stereocenters. The molecule has 0 aromatic heterocycles. The van der Waals surface area contributed by atoms with Crippen molar-refractivity contribution in [2.45, 2.75) is 65.8 Å². The molecule has 1 aromatic carbocycles. The van der Waals surface area contributed by atoms with Gasteiger partial charge in [-0.1, -0.05) is 48.9 Å². The van der Waals surface area contributed by atoms with Gasteiger partial charge in [0.05, 0.1) is 19.2 Å². The SMILES string of the molecule is CC(=O)N[C@@H](Cc1ccccc1)C(=O)NCC(=O)CCC(=O)O/C=C/C(C)CCC=C(C)C. The number of amides is 2. The fourth-order valence-corrected chi connectivity index (χ4v) is 2.98. The number of Topliss-reactive ketones (excluding diaryl/α,β-unsaturated/α-hetero) is 1. The van der Waals surface area contributed by atoms with Gasteiger partial charge in [-0.15, -0.1) is 0 Å². The fraction of sp³-hybridized carbons (Fsp3) is 0.462. The van der Waals surface area contributed by atoms with Crippen molar-refractivity contribution in [3.05, 3.63) is 59.9 Å². The number of ketones is 1. The van der Waals surface area contributed by atoms with Crippen molar-refractivity contribution in [3.8, 4) is 0 Å². The summed E-state index contributed by atoms with van der Waals surface area (Å²) in [5, 5.41) is 5.15. The summed E-state index contributed by atoms with van der Waals surface area (Å²) in [6, 6.07) is 8.49. The molecule has 7 heteroatoms. The molecule has 1 aromatic rings. The molecule has 2 atom stereocenters. The molecule has 0 saturated carbocycles. The Kier molecular flexibility index (Phi) is 13.1. The van der Waals surface area contributed by atoms with Crippen molar-refractivity contribution in [2.24, 2.45) is 5.92 Å². The molecule has 1 rings (SSSR count). The number of rotatable bonds is 14. The van der Waals surface area contributed by atoms with Gasteiger partial charge in [0.1, 0.15) is 6.04 Å². The third kappa shape index (κ3) is 13.7. The number of hydrogen-bond donors (Lipinski definition) is 2. The first-order valence-electron chi connectivity index (χ1n) is 11.3. The van der Waals surface area contributed by atoms with Gasteiger partial charge in [0.2, 0.25) is 11.8 Å². The maximum atomic E-state index is 12.5. The monoisotopic (exact) mass is 456 g/mol. The molecule has 0 aliphatic carbocycles. The van der Waals surface area contributed by atoms with Crippen LogP contribution in [0.3, 0.4) is 0 Å². The van der Waals surface area contributed by atoms with Crippen molar-refractivity contribution in [3.63, 3.8) is 0 Å². The molecule has 0 fully saturated rings. The smallest absolute Gasteiger partial charge is 0.311 e. The lowest BCUT2D eigenvalue weighted by Crippen LogP contribution is -2.48. The minimum atomic E-state index is -0.786. The van der Waals surface area contributed by atoms with E-state index in [1.807, 2.05) is 43.3 Å². The van der Waals surface area contributed by atoms with E-state index in [9.17, 15) is 19.2 Å². The fourth-order valence-electron chi connectivity index (χ4n) is 2.98. The Bertz CT molecular complexity index is 841. The first kappa shape index (κ1) is 27.8. The average molecular weight is 457 g/mol. The normalized spacial score (nSPS) is 12.5. The number of benzene rings is 1. The molecule has 2 N–H and O–H groups in total. The summed E-state index contributed by atoms with van der Waals surface area (Å²) in [5.74, 6) is -1.30. The van der Waals surface area contributed by atoms with Gasteiger partial charge in [0.25, 0.3) is 0 Å². The lowest BCUT2D eigenvalue weighted by Gasteiger charge is -2.17. The molecule has 0 aliphatic heterocycles. The summed E-state index contributed by atoms with van der Waals surface area (Å²) in [6.07, 6.45) is 7.51.